The van der Waals surface area contributed by atoms with E-state index in [0.717, 1.165) is 93.6 Å². The monoisotopic (exact) mass is 663 g/mol. The molecule has 0 saturated carbocycles. The molecule has 242 valence electrons. The molecule has 0 N–H and O–H groups in total. The van der Waals surface area contributed by atoms with E-state index in [-0.39, 0.29) is 0 Å². The summed E-state index contributed by atoms with van der Waals surface area (Å²) in [4.78, 5) is 16.5. The van der Waals surface area contributed by atoms with Gasteiger partial charge in [0.15, 0.2) is 0 Å². The Labute approximate surface area is 298 Å². The van der Waals surface area contributed by atoms with Gasteiger partial charge in [0.2, 0.25) is 5.95 Å². The van der Waals surface area contributed by atoms with Crippen molar-refractivity contribution >= 4 is 65.3 Å². The van der Waals surface area contributed by atoms with Crippen molar-refractivity contribution in [3.63, 3.8) is 0 Å². The van der Waals surface area contributed by atoms with Crippen molar-refractivity contribution in [1.29, 1.82) is 0 Å². The molecule has 0 aliphatic carbocycles. The minimum atomic E-state index is 0.618. The first-order chi connectivity index (χ1) is 25.8. The van der Waals surface area contributed by atoms with Crippen molar-refractivity contribution in [3.05, 3.63) is 176 Å². The summed E-state index contributed by atoms with van der Waals surface area (Å²) in [6, 6.07) is 61.6. The van der Waals surface area contributed by atoms with Crippen LogP contribution in [0, 0.1) is 0 Å². The number of imidazole rings is 1. The molecule has 0 atom stereocenters. The molecule has 0 amide bonds. The number of para-hydroxylation sites is 2. The lowest BCUT2D eigenvalue weighted by Gasteiger charge is -2.15. The molecule has 11 rings (SSSR count). The van der Waals surface area contributed by atoms with Crippen LogP contribution in [0.25, 0.3) is 99.6 Å². The highest BCUT2D eigenvalue weighted by Gasteiger charge is 2.26. The molecule has 8 aromatic carbocycles. The van der Waals surface area contributed by atoms with E-state index in [1.165, 1.54) is 0 Å². The number of hydrogen-bond acceptors (Lipinski definition) is 3. The number of rotatable bonds is 4. The maximum absolute atomic E-state index is 5.51. The normalized spacial score (nSPS) is 11.8. The van der Waals surface area contributed by atoms with E-state index >= 15 is 0 Å². The number of fused-ring (bicyclic) bond motifs is 11. The molecule has 0 saturated heterocycles. The van der Waals surface area contributed by atoms with Crippen LogP contribution >= 0.6 is 0 Å². The van der Waals surface area contributed by atoms with Crippen LogP contribution in [0.5, 0.6) is 0 Å². The van der Waals surface area contributed by atoms with Gasteiger partial charge in [-0.25, -0.2) is 15.0 Å². The van der Waals surface area contributed by atoms with Crippen molar-refractivity contribution in [2.24, 2.45) is 0 Å². The number of nitrogens with zero attached hydrogens (tertiary/aromatic N) is 5. The molecular weight excluding hydrogens is 635 g/mol. The van der Waals surface area contributed by atoms with Crippen LogP contribution in [0.15, 0.2) is 176 Å². The first-order valence-corrected chi connectivity index (χ1v) is 17.6. The van der Waals surface area contributed by atoms with E-state index in [0.29, 0.717) is 5.95 Å². The molecule has 0 fully saturated rings. The largest absolute Gasteiger partial charge is 0.290 e. The fourth-order valence-corrected chi connectivity index (χ4v) is 8.06. The summed E-state index contributed by atoms with van der Waals surface area (Å²) in [5.74, 6) is 1.50. The zero-order valence-corrected chi connectivity index (χ0v) is 28.0. The second kappa shape index (κ2) is 11.2. The number of aromatic nitrogens is 5. The van der Waals surface area contributed by atoms with E-state index in [9.17, 15) is 0 Å². The lowest BCUT2D eigenvalue weighted by Crippen LogP contribution is -2.05. The van der Waals surface area contributed by atoms with Crippen molar-refractivity contribution < 1.29 is 0 Å². The molecule has 3 aromatic heterocycles. The molecule has 11 aromatic rings. The average molecular weight is 664 g/mol. The van der Waals surface area contributed by atoms with Gasteiger partial charge in [0.05, 0.1) is 33.3 Å². The molecule has 5 nitrogen and oxygen atoms in total. The standard InChI is InChI=1S/C47H29N5/c1-4-17-31(18-5-1)41-38-29-28-30-16-10-11-23-34(30)42(38)50-47(49-41)52-39-27-15-14-26-37(39)40-35-24-12-13-25-36(35)43-45(44(40)52)51(33-21-8-3-9-22-33)46(48-43)32-19-6-2-7-20-32/h1-29H. The minimum Gasteiger partial charge on any atom is -0.290 e. The Hall–Kier alpha value is -7.11. The molecule has 0 aliphatic heterocycles. The predicted molar refractivity (Wildman–Crippen MR) is 214 cm³/mol. The number of hydrogen-bond donors (Lipinski definition) is 0. The minimum absolute atomic E-state index is 0.618. The van der Waals surface area contributed by atoms with Gasteiger partial charge in [-0.3, -0.25) is 9.13 Å². The average Bonchev–Trinajstić information content (AvgIpc) is 3.79. The highest BCUT2D eigenvalue weighted by molar-refractivity contribution is 6.31. The van der Waals surface area contributed by atoms with Gasteiger partial charge in [-0.05, 0) is 35.0 Å². The lowest BCUT2D eigenvalue weighted by atomic mass is 10.0. The predicted octanol–water partition coefficient (Wildman–Crippen LogP) is 11.7. The summed E-state index contributed by atoms with van der Waals surface area (Å²) < 4.78 is 4.60. The van der Waals surface area contributed by atoms with Crippen molar-refractivity contribution in [2.75, 3.05) is 0 Å². The highest BCUT2D eigenvalue weighted by Crippen LogP contribution is 2.44. The van der Waals surface area contributed by atoms with Gasteiger partial charge in [0.1, 0.15) is 5.82 Å². The summed E-state index contributed by atoms with van der Waals surface area (Å²) in [5.41, 5.74) is 8.95. The Bertz CT molecular complexity index is 3160. The lowest BCUT2D eigenvalue weighted by molar-refractivity contribution is 1.01. The molecular formula is C47H29N5. The molecule has 0 radical (unpaired) electrons. The van der Waals surface area contributed by atoms with Gasteiger partial charge >= 0.3 is 0 Å². The van der Waals surface area contributed by atoms with Crippen molar-refractivity contribution in [2.45, 2.75) is 0 Å². The Balaban J connectivity index is 1.40. The summed E-state index contributed by atoms with van der Waals surface area (Å²) in [5, 5.41) is 7.80. The summed E-state index contributed by atoms with van der Waals surface area (Å²) in [6.07, 6.45) is 0. The van der Waals surface area contributed by atoms with Crippen molar-refractivity contribution in [1.82, 2.24) is 24.1 Å². The first kappa shape index (κ1) is 28.7. The molecule has 3 heterocycles. The second-order valence-corrected chi connectivity index (χ2v) is 13.2. The van der Waals surface area contributed by atoms with Crippen molar-refractivity contribution in [3.8, 4) is 34.3 Å². The van der Waals surface area contributed by atoms with Crippen LogP contribution in [0.4, 0.5) is 0 Å². The third kappa shape index (κ3) is 4.14. The summed E-state index contributed by atoms with van der Waals surface area (Å²) in [6.45, 7) is 0. The fraction of sp³-hybridized carbons (Fsp3) is 0. The van der Waals surface area contributed by atoms with E-state index in [4.69, 9.17) is 15.0 Å². The van der Waals surface area contributed by atoms with Gasteiger partial charge in [0, 0.05) is 43.7 Å². The summed E-state index contributed by atoms with van der Waals surface area (Å²) >= 11 is 0. The third-order valence-electron chi connectivity index (χ3n) is 10.3. The van der Waals surface area contributed by atoms with Gasteiger partial charge in [-0.15, -0.1) is 0 Å². The molecule has 0 spiro atoms. The van der Waals surface area contributed by atoms with E-state index in [1.54, 1.807) is 0 Å². The van der Waals surface area contributed by atoms with Gasteiger partial charge < -0.3 is 0 Å². The van der Waals surface area contributed by atoms with Crippen LogP contribution in [-0.2, 0) is 0 Å². The second-order valence-electron chi connectivity index (χ2n) is 13.2. The third-order valence-corrected chi connectivity index (χ3v) is 10.3. The van der Waals surface area contributed by atoms with Crippen LogP contribution in [0.3, 0.4) is 0 Å². The quantitative estimate of drug-likeness (QED) is 0.176. The Morgan fingerprint density at radius 3 is 1.75 bits per heavy atom. The van der Waals surface area contributed by atoms with Gasteiger partial charge in [-0.1, -0.05) is 152 Å². The van der Waals surface area contributed by atoms with Crippen LogP contribution < -0.4 is 0 Å². The molecule has 0 bridgehead atoms. The molecule has 5 heteroatoms. The van der Waals surface area contributed by atoms with Crippen LogP contribution in [-0.4, -0.2) is 24.1 Å². The maximum atomic E-state index is 5.51. The first-order valence-electron chi connectivity index (χ1n) is 17.6. The topological polar surface area (TPSA) is 48.5 Å². The highest BCUT2D eigenvalue weighted by atomic mass is 15.2. The Morgan fingerprint density at radius 1 is 0.365 bits per heavy atom. The molecule has 52 heavy (non-hydrogen) atoms. The number of benzene rings is 8. The van der Waals surface area contributed by atoms with E-state index < -0.39 is 0 Å². The maximum Gasteiger partial charge on any atom is 0.235 e. The van der Waals surface area contributed by atoms with E-state index in [2.05, 4.69) is 179 Å². The fourth-order valence-electron chi connectivity index (χ4n) is 8.06. The van der Waals surface area contributed by atoms with Crippen LogP contribution in [0.2, 0.25) is 0 Å². The summed E-state index contributed by atoms with van der Waals surface area (Å²) in [7, 11) is 0. The van der Waals surface area contributed by atoms with Gasteiger partial charge in [-0.2, -0.15) is 0 Å². The van der Waals surface area contributed by atoms with Crippen LogP contribution in [0.1, 0.15) is 0 Å². The Morgan fingerprint density at radius 2 is 0.981 bits per heavy atom. The van der Waals surface area contributed by atoms with E-state index in [1.807, 2.05) is 6.07 Å². The van der Waals surface area contributed by atoms with Gasteiger partial charge in [0.25, 0.3) is 0 Å². The molecule has 0 aliphatic rings. The smallest absolute Gasteiger partial charge is 0.235 e. The zero-order chi connectivity index (χ0) is 34.2. The molecule has 0 unspecified atom stereocenters. The Kier molecular flexibility index (Phi) is 6.18. The SMILES string of the molecule is c1ccc(-c2nc(-n3c4ccccc4c4c5ccccc5c5nc(-c6ccccc6)n(-c6ccccc6)c5c43)nc3c2ccc2ccccc23)cc1. The zero-order valence-electron chi connectivity index (χ0n) is 28.0.